The molecular formula is C22H45NO2. The van der Waals surface area contributed by atoms with E-state index in [9.17, 15) is 4.79 Å². The van der Waals surface area contributed by atoms with Crippen molar-refractivity contribution in [1.82, 2.24) is 0 Å². The van der Waals surface area contributed by atoms with Crippen molar-refractivity contribution in [2.24, 2.45) is 10.9 Å². The molecular weight excluding hydrogens is 310 g/mol. The Morgan fingerprint density at radius 1 is 1.04 bits per heavy atom. The lowest BCUT2D eigenvalue weighted by Gasteiger charge is -2.07. The van der Waals surface area contributed by atoms with Gasteiger partial charge in [0.25, 0.3) is 0 Å². The van der Waals surface area contributed by atoms with Crippen molar-refractivity contribution in [3.05, 3.63) is 12.2 Å². The van der Waals surface area contributed by atoms with Gasteiger partial charge in [-0.25, -0.2) is 0 Å². The minimum Gasteiger partial charge on any atom is -0.481 e. The number of carboxylic acids is 1. The van der Waals surface area contributed by atoms with Gasteiger partial charge in [0.15, 0.2) is 0 Å². The predicted molar refractivity (Wildman–Crippen MR) is 114 cm³/mol. The lowest BCUT2D eigenvalue weighted by Crippen LogP contribution is -2.01. The summed E-state index contributed by atoms with van der Waals surface area (Å²) >= 11 is 0. The predicted octanol–water partition coefficient (Wildman–Crippen LogP) is 7.31. The normalized spacial score (nSPS) is 13.1. The molecule has 0 amide bonds. The maximum atomic E-state index is 10.1. The van der Waals surface area contributed by atoms with Gasteiger partial charge >= 0.3 is 5.97 Å². The number of allylic oxidation sites excluding steroid dienone is 1. The Balaban J connectivity index is -0.000000392. The number of carboxylic acid groups (broad SMARTS) is 1. The van der Waals surface area contributed by atoms with E-state index in [0.29, 0.717) is 18.4 Å². The number of unbranched alkanes of at least 4 members (excludes halogenated alkanes) is 4. The molecule has 0 radical (unpaired) electrons. The van der Waals surface area contributed by atoms with Gasteiger partial charge in [-0.1, -0.05) is 66.0 Å². The van der Waals surface area contributed by atoms with Crippen LogP contribution in [0.25, 0.3) is 0 Å². The molecule has 0 heterocycles. The van der Waals surface area contributed by atoms with E-state index in [1.807, 2.05) is 13.8 Å². The summed E-state index contributed by atoms with van der Waals surface area (Å²) in [4.78, 5) is 14.7. The van der Waals surface area contributed by atoms with Gasteiger partial charge in [-0.3, -0.25) is 9.79 Å². The first-order chi connectivity index (χ1) is 11.2. The van der Waals surface area contributed by atoms with E-state index in [1.165, 1.54) is 44.2 Å². The van der Waals surface area contributed by atoms with E-state index in [2.05, 4.69) is 39.3 Å². The van der Waals surface area contributed by atoms with Crippen molar-refractivity contribution in [2.45, 2.75) is 113 Å². The fraction of sp³-hybridized carbons (Fsp3) is 0.818. The number of aliphatic carboxylic acids is 1. The second-order valence-electron chi connectivity index (χ2n) is 6.97. The van der Waals surface area contributed by atoms with E-state index in [-0.39, 0.29) is 13.8 Å². The third kappa shape index (κ3) is 22.9. The van der Waals surface area contributed by atoms with Gasteiger partial charge in [0.1, 0.15) is 0 Å². The summed E-state index contributed by atoms with van der Waals surface area (Å²) in [6.07, 6.45) is 10.1. The monoisotopic (exact) mass is 355 g/mol. The number of aliphatic imine (C=N–C) groups is 1. The fourth-order valence-electron chi connectivity index (χ4n) is 2.10. The van der Waals surface area contributed by atoms with Crippen molar-refractivity contribution >= 4 is 11.7 Å². The molecule has 150 valence electrons. The van der Waals surface area contributed by atoms with Crippen molar-refractivity contribution in [1.29, 1.82) is 0 Å². The molecule has 0 aliphatic heterocycles. The average molecular weight is 356 g/mol. The van der Waals surface area contributed by atoms with E-state index in [4.69, 9.17) is 5.11 Å². The molecule has 0 saturated carbocycles. The second-order valence-corrected chi connectivity index (χ2v) is 6.97. The van der Waals surface area contributed by atoms with Crippen LogP contribution in [0.1, 0.15) is 107 Å². The Kier molecular flexibility index (Phi) is 22.0. The molecule has 1 N–H and O–H groups in total. The van der Waals surface area contributed by atoms with Gasteiger partial charge in [-0.05, 0) is 52.4 Å². The summed E-state index contributed by atoms with van der Waals surface area (Å²) in [5.41, 5.74) is 2.40. The van der Waals surface area contributed by atoms with Crippen LogP contribution < -0.4 is 0 Å². The van der Waals surface area contributed by atoms with Crippen molar-refractivity contribution < 1.29 is 9.90 Å². The molecule has 0 saturated heterocycles. The summed E-state index contributed by atoms with van der Waals surface area (Å²) in [6.45, 7) is 16.5. The standard InChI is InChI=1S/C13H27N.C8H14O2.CH4/c1-5-7-8-9-10-11-13(4)14-12(3)6-2;1-6(2)7(3)4-5-8(9)10;/h12H,5-11H2,1-4H3;7H,1,4-5H2,2-3H3,(H,9,10);1H4. The summed E-state index contributed by atoms with van der Waals surface area (Å²) in [5.74, 6) is -0.399. The highest BCUT2D eigenvalue weighted by atomic mass is 16.4. The van der Waals surface area contributed by atoms with Gasteiger partial charge in [0, 0.05) is 18.2 Å². The van der Waals surface area contributed by atoms with Crippen LogP contribution >= 0.6 is 0 Å². The molecule has 0 rings (SSSR count). The lowest BCUT2D eigenvalue weighted by molar-refractivity contribution is -0.137. The van der Waals surface area contributed by atoms with E-state index in [1.54, 1.807) is 0 Å². The molecule has 0 aliphatic rings. The third-order valence-electron chi connectivity index (χ3n) is 4.31. The van der Waals surface area contributed by atoms with Gasteiger partial charge in [-0.2, -0.15) is 0 Å². The zero-order valence-electron chi connectivity index (χ0n) is 17.0. The topological polar surface area (TPSA) is 49.7 Å². The fourth-order valence-corrected chi connectivity index (χ4v) is 2.10. The van der Waals surface area contributed by atoms with Gasteiger partial charge in [0.2, 0.25) is 0 Å². The van der Waals surface area contributed by atoms with Crippen LogP contribution in [-0.4, -0.2) is 22.8 Å². The SMILES string of the molecule is C.C=C(C)C(C)CCC(=O)O.CCCCCCCC(C)=NC(C)CC. The molecule has 0 fully saturated rings. The summed E-state index contributed by atoms with van der Waals surface area (Å²) in [6, 6.07) is 0.519. The molecule has 0 aliphatic carbocycles. The van der Waals surface area contributed by atoms with Gasteiger partial charge < -0.3 is 5.11 Å². The first-order valence-electron chi connectivity index (χ1n) is 9.64. The van der Waals surface area contributed by atoms with Crippen molar-refractivity contribution in [2.75, 3.05) is 0 Å². The number of hydrogen-bond donors (Lipinski definition) is 1. The maximum absolute atomic E-state index is 10.1. The van der Waals surface area contributed by atoms with Crippen molar-refractivity contribution in [3.63, 3.8) is 0 Å². The Morgan fingerprint density at radius 2 is 1.60 bits per heavy atom. The minimum atomic E-state index is -0.729. The molecule has 0 aromatic heterocycles. The van der Waals surface area contributed by atoms with Gasteiger partial charge in [-0.15, -0.1) is 0 Å². The first kappa shape index (κ1) is 28.7. The molecule has 25 heavy (non-hydrogen) atoms. The van der Waals surface area contributed by atoms with Crippen LogP contribution in [-0.2, 0) is 4.79 Å². The Labute approximate surface area is 158 Å². The first-order valence-corrected chi connectivity index (χ1v) is 9.64. The lowest BCUT2D eigenvalue weighted by atomic mass is 9.99. The minimum absolute atomic E-state index is 0. The Hall–Kier alpha value is -1.12. The van der Waals surface area contributed by atoms with Crippen LogP contribution in [0.5, 0.6) is 0 Å². The van der Waals surface area contributed by atoms with E-state index in [0.717, 1.165) is 12.0 Å². The second kappa shape index (κ2) is 19.2. The quantitative estimate of drug-likeness (QED) is 0.227. The van der Waals surface area contributed by atoms with E-state index < -0.39 is 5.97 Å². The smallest absolute Gasteiger partial charge is 0.303 e. The number of nitrogens with zero attached hydrogens (tertiary/aromatic N) is 1. The zero-order valence-corrected chi connectivity index (χ0v) is 17.0. The summed E-state index contributed by atoms with van der Waals surface area (Å²) in [7, 11) is 0. The molecule has 0 spiro atoms. The van der Waals surface area contributed by atoms with Crippen LogP contribution in [0.3, 0.4) is 0 Å². The summed E-state index contributed by atoms with van der Waals surface area (Å²) < 4.78 is 0. The van der Waals surface area contributed by atoms with E-state index >= 15 is 0 Å². The number of rotatable bonds is 12. The molecule has 2 atom stereocenters. The van der Waals surface area contributed by atoms with Crippen LogP contribution in [0.4, 0.5) is 0 Å². The van der Waals surface area contributed by atoms with Crippen molar-refractivity contribution in [3.8, 4) is 0 Å². The highest BCUT2D eigenvalue weighted by molar-refractivity contribution is 5.81. The average Bonchev–Trinajstić information content (AvgIpc) is 2.52. The number of hydrogen-bond acceptors (Lipinski definition) is 2. The molecule has 3 nitrogen and oxygen atoms in total. The van der Waals surface area contributed by atoms with Crippen LogP contribution in [0, 0.1) is 5.92 Å². The summed E-state index contributed by atoms with van der Waals surface area (Å²) in [5, 5.41) is 8.31. The van der Waals surface area contributed by atoms with Crippen LogP contribution in [0.15, 0.2) is 17.1 Å². The zero-order chi connectivity index (χ0) is 19.0. The number of carbonyl (C=O) groups is 1. The highest BCUT2D eigenvalue weighted by Crippen LogP contribution is 2.13. The molecule has 0 aromatic rings. The molecule has 0 aromatic carbocycles. The third-order valence-corrected chi connectivity index (χ3v) is 4.31. The molecule has 3 heteroatoms. The molecule has 2 unspecified atom stereocenters. The van der Waals surface area contributed by atoms with Crippen LogP contribution in [0.2, 0.25) is 0 Å². The molecule has 0 bridgehead atoms. The maximum Gasteiger partial charge on any atom is 0.303 e. The Morgan fingerprint density at radius 3 is 2.04 bits per heavy atom. The largest absolute Gasteiger partial charge is 0.481 e. The highest BCUT2D eigenvalue weighted by Gasteiger charge is 2.04. The van der Waals surface area contributed by atoms with Gasteiger partial charge in [0.05, 0.1) is 0 Å². The Bertz CT molecular complexity index is 361.